The van der Waals surface area contributed by atoms with Crippen LogP contribution in [0.3, 0.4) is 0 Å². The Labute approximate surface area is 206 Å². The van der Waals surface area contributed by atoms with Gasteiger partial charge >= 0.3 is 0 Å². The van der Waals surface area contributed by atoms with Gasteiger partial charge in [-0.05, 0) is 62.3 Å². The third-order valence-electron chi connectivity index (χ3n) is 5.38. The summed E-state index contributed by atoms with van der Waals surface area (Å²) in [7, 11) is 0. The van der Waals surface area contributed by atoms with Crippen molar-refractivity contribution in [2.45, 2.75) is 35.9 Å². The van der Waals surface area contributed by atoms with Crippen molar-refractivity contribution >= 4 is 35.1 Å². The lowest BCUT2D eigenvalue weighted by molar-refractivity contribution is -0.113. The molecular formula is C24H25FN6OS2. The molecule has 0 bridgehead atoms. The lowest BCUT2D eigenvalue weighted by Gasteiger charge is -2.26. The van der Waals surface area contributed by atoms with E-state index in [0.717, 1.165) is 29.5 Å². The Morgan fingerprint density at radius 2 is 1.82 bits per heavy atom. The number of hydrogen-bond donors (Lipinski definition) is 1. The summed E-state index contributed by atoms with van der Waals surface area (Å²) in [6.07, 6.45) is 3.58. The number of carbonyl (C=O) groups excluding carboxylic acids is 1. The fourth-order valence-electron chi connectivity index (χ4n) is 3.79. The Morgan fingerprint density at radius 3 is 2.59 bits per heavy atom. The summed E-state index contributed by atoms with van der Waals surface area (Å²) >= 11 is 2.67. The van der Waals surface area contributed by atoms with E-state index in [1.54, 1.807) is 12.1 Å². The van der Waals surface area contributed by atoms with Gasteiger partial charge in [-0.2, -0.15) is 5.26 Å². The molecule has 1 fully saturated rings. The molecule has 10 heteroatoms. The molecule has 1 amide bonds. The maximum atomic E-state index is 13.5. The largest absolute Gasteiger partial charge is 0.324 e. The van der Waals surface area contributed by atoms with Crippen LogP contribution in [0, 0.1) is 17.1 Å². The van der Waals surface area contributed by atoms with Crippen molar-refractivity contribution < 1.29 is 9.18 Å². The van der Waals surface area contributed by atoms with E-state index in [9.17, 15) is 9.18 Å². The third-order valence-corrected chi connectivity index (χ3v) is 7.25. The molecule has 0 saturated carbocycles. The molecule has 1 aliphatic heterocycles. The van der Waals surface area contributed by atoms with Gasteiger partial charge in [0.1, 0.15) is 5.82 Å². The standard InChI is InChI=1S/C24H25FN6OS2/c25-18-8-10-19(11-9-18)31-22(16-30-13-4-1-5-14-30)28-29-24(31)34-17-23(32)27-20-6-2-3-7-21(20)33-15-12-26/h2-3,6-11H,1,4-5,13-17H2,(H,27,32). The number of rotatable bonds is 9. The van der Waals surface area contributed by atoms with E-state index in [1.807, 2.05) is 28.8 Å². The van der Waals surface area contributed by atoms with Gasteiger partial charge in [0.25, 0.3) is 0 Å². The van der Waals surface area contributed by atoms with Gasteiger partial charge < -0.3 is 5.32 Å². The molecule has 3 aromatic rings. The van der Waals surface area contributed by atoms with Crippen LogP contribution in [-0.4, -0.2) is 50.2 Å². The van der Waals surface area contributed by atoms with Crippen LogP contribution >= 0.6 is 23.5 Å². The highest BCUT2D eigenvalue weighted by Crippen LogP contribution is 2.28. The number of halogens is 1. The number of aromatic nitrogens is 3. The van der Waals surface area contributed by atoms with Crippen LogP contribution in [0.2, 0.25) is 0 Å². The van der Waals surface area contributed by atoms with Crippen molar-refractivity contribution in [1.82, 2.24) is 19.7 Å². The van der Waals surface area contributed by atoms with Crippen LogP contribution in [0.5, 0.6) is 0 Å². The maximum absolute atomic E-state index is 13.5. The van der Waals surface area contributed by atoms with Gasteiger partial charge in [-0.15, -0.1) is 22.0 Å². The molecule has 0 unspecified atom stereocenters. The third kappa shape index (κ3) is 6.38. The van der Waals surface area contributed by atoms with Crippen LogP contribution in [0.25, 0.3) is 5.69 Å². The Hall–Kier alpha value is -2.87. The van der Waals surface area contributed by atoms with Crippen molar-refractivity contribution in [2.24, 2.45) is 0 Å². The van der Waals surface area contributed by atoms with Crippen LogP contribution in [0.15, 0.2) is 58.6 Å². The fraction of sp³-hybridized carbons (Fsp3) is 0.333. The van der Waals surface area contributed by atoms with Gasteiger partial charge in [0.05, 0.1) is 29.8 Å². The number of nitrogens with zero attached hydrogens (tertiary/aromatic N) is 5. The molecule has 2 aromatic carbocycles. The number of nitriles is 1. The Kier molecular flexibility index (Phi) is 8.57. The number of anilines is 1. The summed E-state index contributed by atoms with van der Waals surface area (Å²) in [5.41, 5.74) is 1.44. The molecule has 34 heavy (non-hydrogen) atoms. The molecule has 0 atom stereocenters. The lowest BCUT2D eigenvalue weighted by Crippen LogP contribution is -2.30. The second-order valence-corrected chi connectivity index (χ2v) is 9.79. The second-order valence-electron chi connectivity index (χ2n) is 7.83. The molecule has 1 aromatic heterocycles. The monoisotopic (exact) mass is 496 g/mol. The average molecular weight is 497 g/mol. The van der Waals surface area contributed by atoms with E-state index in [2.05, 4.69) is 26.5 Å². The van der Waals surface area contributed by atoms with E-state index in [0.29, 0.717) is 23.1 Å². The summed E-state index contributed by atoms with van der Waals surface area (Å²) in [5, 5.41) is 21.1. The van der Waals surface area contributed by atoms with Gasteiger partial charge in [0, 0.05) is 10.6 Å². The fourth-order valence-corrected chi connectivity index (χ4v) is 5.23. The first-order valence-corrected chi connectivity index (χ1v) is 13.0. The summed E-state index contributed by atoms with van der Waals surface area (Å²) in [4.78, 5) is 15.9. The maximum Gasteiger partial charge on any atom is 0.234 e. The zero-order valence-electron chi connectivity index (χ0n) is 18.6. The minimum atomic E-state index is -0.309. The predicted molar refractivity (Wildman–Crippen MR) is 133 cm³/mol. The van der Waals surface area contributed by atoms with E-state index in [-0.39, 0.29) is 17.5 Å². The van der Waals surface area contributed by atoms with Gasteiger partial charge in [-0.25, -0.2) is 4.39 Å². The molecule has 176 valence electrons. The van der Waals surface area contributed by atoms with Crippen LogP contribution in [0.4, 0.5) is 10.1 Å². The number of likely N-dealkylation sites (tertiary alicyclic amines) is 1. The molecule has 1 aliphatic rings. The molecule has 0 aliphatic carbocycles. The van der Waals surface area contributed by atoms with E-state index in [4.69, 9.17) is 5.26 Å². The first-order valence-electron chi connectivity index (χ1n) is 11.1. The number of nitrogens with one attached hydrogen (secondary N) is 1. The Morgan fingerprint density at radius 1 is 1.06 bits per heavy atom. The first-order chi connectivity index (χ1) is 16.6. The zero-order chi connectivity index (χ0) is 23.8. The molecule has 0 spiro atoms. The van der Waals surface area contributed by atoms with Crippen LogP contribution < -0.4 is 5.32 Å². The highest BCUT2D eigenvalue weighted by molar-refractivity contribution is 8.00. The van der Waals surface area contributed by atoms with E-state index >= 15 is 0 Å². The van der Waals surface area contributed by atoms with Crippen molar-refractivity contribution in [1.29, 1.82) is 5.26 Å². The van der Waals surface area contributed by atoms with Crippen LogP contribution in [-0.2, 0) is 11.3 Å². The average Bonchev–Trinajstić information content (AvgIpc) is 3.25. The van der Waals surface area contributed by atoms with Gasteiger partial charge in [0.2, 0.25) is 5.91 Å². The first kappa shape index (κ1) is 24.3. The molecule has 2 heterocycles. The molecule has 1 saturated heterocycles. The normalized spacial score (nSPS) is 14.0. The van der Waals surface area contributed by atoms with Crippen molar-refractivity contribution in [2.75, 3.05) is 29.9 Å². The molecule has 4 rings (SSSR count). The second kappa shape index (κ2) is 12.0. The number of hydrogen-bond acceptors (Lipinski definition) is 7. The number of carbonyl (C=O) groups is 1. The van der Waals surface area contributed by atoms with Crippen molar-refractivity contribution in [3.63, 3.8) is 0 Å². The summed E-state index contributed by atoms with van der Waals surface area (Å²) < 4.78 is 15.5. The Balaban J connectivity index is 1.48. The van der Waals surface area contributed by atoms with Gasteiger partial charge in [-0.3, -0.25) is 14.3 Å². The molecular weight excluding hydrogens is 471 g/mol. The van der Waals surface area contributed by atoms with Crippen molar-refractivity contribution in [3.05, 3.63) is 60.2 Å². The van der Waals surface area contributed by atoms with Crippen LogP contribution in [0.1, 0.15) is 25.1 Å². The minimum absolute atomic E-state index is 0.139. The SMILES string of the molecule is N#CCSc1ccccc1NC(=O)CSc1nnc(CN2CCCCC2)n1-c1ccc(F)cc1. The van der Waals surface area contributed by atoms with E-state index < -0.39 is 0 Å². The number of piperidine rings is 1. The molecule has 1 N–H and O–H groups in total. The molecule has 0 radical (unpaired) electrons. The quantitative estimate of drug-likeness (QED) is 0.428. The van der Waals surface area contributed by atoms with E-state index in [1.165, 1.54) is 54.9 Å². The summed E-state index contributed by atoms with van der Waals surface area (Å²) in [6, 6.07) is 15.7. The zero-order valence-corrected chi connectivity index (χ0v) is 20.2. The molecule has 7 nitrogen and oxygen atoms in total. The minimum Gasteiger partial charge on any atom is -0.324 e. The summed E-state index contributed by atoms with van der Waals surface area (Å²) in [5.74, 6) is 0.731. The summed E-state index contributed by atoms with van der Waals surface area (Å²) in [6.45, 7) is 2.69. The smallest absolute Gasteiger partial charge is 0.234 e. The highest BCUT2D eigenvalue weighted by Gasteiger charge is 2.20. The predicted octanol–water partition coefficient (Wildman–Crippen LogP) is 4.74. The highest BCUT2D eigenvalue weighted by atomic mass is 32.2. The topological polar surface area (TPSA) is 86.8 Å². The Bertz CT molecular complexity index is 1160. The number of thioether (sulfide) groups is 2. The number of benzene rings is 2. The number of para-hydroxylation sites is 1. The number of amides is 1. The van der Waals surface area contributed by atoms with Gasteiger partial charge in [-0.1, -0.05) is 30.3 Å². The van der Waals surface area contributed by atoms with Gasteiger partial charge in [0.15, 0.2) is 11.0 Å². The van der Waals surface area contributed by atoms with Crippen molar-refractivity contribution in [3.8, 4) is 11.8 Å². The lowest BCUT2D eigenvalue weighted by atomic mass is 10.1.